The van der Waals surface area contributed by atoms with Crippen LogP contribution < -0.4 is 5.32 Å². The van der Waals surface area contributed by atoms with Crippen LogP contribution in [0.3, 0.4) is 0 Å². The van der Waals surface area contributed by atoms with E-state index in [0.717, 1.165) is 23.7 Å². The van der Waals surface area contributed by atoms with Gasteiger partial charge in [-0.05, 0) is 43.5 Å². The van der Waals surface area contributed by atoms with Gasteiger partial charge in [0.15, 0.2) is 0 Å². The number of rotatable bonds is 4. The number of nitrogens with one attached hydrogen (secondary N) is 2. The topological polar surface area (TPSA) is 54.1 Å². The van der Waals surface area contributed by atoms with E-state index in [1.54, 1.807) is 7.11 Å². The van der Waals surface area contributed by atoms with Crippen molar-refractivity contribution in [2.45, 2.75) is 24.9 Å². The molecule has 1 saturated carbocycles. The maximum absolute atomic E-state index is 12.1. The van der Waals surface area contributed by atoms with Crippen LogP contribution in [0.1, 0.15) is 29.6 Å². The molecule has 19 heavy (non-hydrogen) atoms. The summed E-state index contributed by atoms with van der Waals surface area (Å²) >= 11 is 0. The number of fused-ring (bicyclic) bond motifs is 1. The molecule has 0 saturated heterocycles. The lowest BCUT2D eigenvalue weighted by Crippen LogP contribution is -2.49. The number of hydrogen-bond acceptors (Lipinski definition) is 2. The smallest absolute Gasteiger partial charge is 0.251 e. The van der Waals surface area contributed by atoms with Gasteiger partial charge in [-0.15, -0.1) is 0 Å². The van der Waals surface area contributed by atoms with E-state index in [0.29, 0.717) is 12.1 Å². The lowest BCUT2D eigenvalue weighted by molar-refractivity contribution is -0.0679. The molecule has 2 N–H and O–H groups in total. The van der Waals surface area contributed by atoms with Gasteiger partial charge in [0, 0.05) is 36.3 Å². The molecule has 0 bridgehead atoms. The molecule has 0 spiro atoms. The molecule has 1 heterocycles. The number of amides is 1. The molecule has 1 aliphatic rings. The van der Waals surface area contributed by atoms with Crippen LogP contribution in [0, 0.1) is 0 Å². The molecule has 1 aliphatic carbocycles. The quantitative estimate of drug-likeness (QED) is 0.885. The maximum atomic E-state index is 12.1. The molecule has 0 aliphatic heterocycles. The Morgan fingerprint density at radius 2 is 2.26 bits per heavy atom. The Bertz CT molecular complexity index is 593. The first-order chi connectivity index (χ1) is 9.22. The zero-order valence-electron chi connectivity index (χ0n) is 11.0. The molecule has 2 aromatic rings. The van der Waals surface area contributed by atoms with Crippen LogP contribution in [0.25, 0.3) is 10.9 Å². The number of carbonyl (C=O) groups is 1. The number of aromatic amines is 1. The third kappa shape index (κ3) is 2.24. The van der Waals surface area contributed by atoms with Crippen molar-refractivity contribution in [2.24, 2.45) is 0 Å². The van der Waals surface area contributed by atoms with Gasteiger partial charge in [-0.3, -0.25) is 4.79 Å². The van der Waals surface area contributed by atoms with Gasteiger partial charge < -0.3 is 15.0 Å². The summed E-state index contributed by atoms with van der Waals surface area (Å²) in [5, 5.41) is 4.03. The first-order valence-corrected chi connectivity index (χ1v) is 6.63. The first kappa shape index (κ1) is 12.2. The van der Waals surface area contributed by atoms with Crippen LogP contribution in [0.2, 0.25) is 0 Å². The second kappa shape index (κ2) is 4.70. The fourth-order valence-electron chi connectivity index (χ4n) is 2.56. The molecule has 1 amide bonds. The normalized spacial score (nSPS) is 17.1. The number of aromatic nitrogens is 1. The molecule has 4 heteroatoms. The lowest BCUT2D eigenvalue weighted by atomic mass is 9.80. The van der Waals surface area contributed by atoms with Crippen LogP contribution in [-0.2, 0) is 4.74 Å². The van der Waals surface area contributed by atoms with Gasteiger partial charge in [0.1, 0.15) is 0 Å². The standard InChI is InChI=1S/C15H18N2O2/c1-19-15(6-2-7-15)10-17-14(18)12-3-4-13-11(9-12)5-8-16-13/h3-5,8-9,16H,2,6-7,10H2,1H3,(H,17,18). The second-order valence-corrected chi connectivity index (χ2v) is 5.20. The van der Waals surface area contributed by atoms with Crippen LogP contribution in [0.15, 0.2) is 30.5 Å². The highest BCUT2D eigenvalue weighted by Gasteiger charge is 2.37. The van der Waals surface area contributed by atoms with Crippen molar-refractivity contribution in [3.63, 3.8) is 0 Å². The number of H-pyrrole nitrogens is 1. The second-order valence-electron chi connectivity index (χ2n) is 5.20. The molecule has 0 unspecified atom stereocenters. The Labute approximate surface area is 112 Å². The average molecular weight is 258 g/mol. The first-order valence-electron chi connectivity index (χ1n) is 6.63. The Hall–Kier alpha value is -1.81. The summed E-state index contributed by atoms with van der Waals surface area (Å²) in [4.78, 5) is 15.3. The summed E-state index contributed by atoms with van der Waals surface area (Å²) in [6.45, 7) is 0.591. The van der Waals surface area contributed by atoms with Crippen molar-refractivity contribution >= 4 is 16.8 Å². The average Bonchev–Trinajstić information content (AvgIpc) is 2.84. The minimum atomic E-state index is -0.131. The van der Waals surface area contributed by atoms with Crippen LogP contribution >= 0.6 is 0 Å². The molecule has 0 radical (unpaired) electrons. The van der Waals surface area contributed by atoms with Gasteiger partial charge in [0.2, 0.25) is 0 Å². The third-order valence-electron chi connectivity index (χ3n) is 4.08. The fourth-order valence-corrected chi connectivity index (χ4v) is 2.56. The van der Waals surface area contributed by atoms with Gasteiger partial charge in [-0.25, -0.2) is 0 Å². The largest absolute Gasteiger partial charge is 0.376 e. The summed E-state index contributed by atoms with van der Waals surface area (Å²) in [7, 11) is 1.72. The predicted molar refractivity (Wildman–Crippen MR) is 74.2 cm³/mol. The number of benzene rings is 1. The van der Waals surface area contributed by atoms with Crippen LogP contribution in [0.4, 0.5) is 0 Å². The Morgan fingerprint density at radius 1 is 1.42 bits per heavy atom. The summed E-state index contributed by atoms with van der Waals surface area (Å²) in [5.41, 5.74) is 1.61. The number of methoxy groups -OCH3 is 1. The lowest BCUT2D eigenvalue weighted by Gasteiger charge is -2.40. The van der Waals surface area contributed by atoms with Gasteiger partial charge in [0.25, 0.3) is 5.91 Å². The molecule has 1 fully saturated rings. The fraction of sp³-hybridized carbons (Fsp3) is 0.400. The summed E-state index contributed by atoms with van der Waals surface area (Å²) < 4.78 is 5.50. The highest BCUT2D eigenvalue weighted by Crippen LogP contribution is 2.34. The summed E-state index contributed by atoms with van der Waals surface area (Å²) in [6.07, 6.45) is 5.11. The molecule has 3 rings (SSSR count). The summed E-state index contributed by atoms with van der Waals surface area (Å²) in [6, 6.07) is 7.64. The van der Waals surface area contributed by atoms with Crippen LogP contribution in [-0.4, -0.2) is 30.1 Å². The molecular formula is C15H18N2O2. The van der Waals surface area contributed by atoms with E-state index in [2.05, 4.69) is 10.3 Å². The highest BCUT2D eigenvalue weighted by molar-refractivity contribution is 5.98. The van der Waals surface area contributed by atoms with Crippen molar-refractivity contribution in [1.29, 1.82) is 0 Å². The number of ether oxygens (including phenoxy) is 1. The van der Waals surface area contributed by atoms with E-state index >= 15 is 0 Å². The zero-order valence-corrected chi connectivity index (χ0v) is 11.0. The predicted octanol–water partition coefficient (Wildman–Crippen LogP) is 2.47. The van der Waals surface area contributed by atoms with Gasteiger partial charge in [0.05, 0.1) is 5.60 Å². The van der Waals surface area contributed by atoms with Crippen molar-refractivity contribution in [1.82, 2.24) is 10.3 Å². The molecule has 4 nitrogen and oxygen atoms in total. The van der Waals surface area contributed by atoms with E-state index in [1.807, 2.05) is 30.5 Å². The minimum Gasteiger partial charge on any atom is -0.376 e. The van der Waals surface area contributed by atoms with Crippen LogP contribution in [0.5, 0.6) is 0 Å². The van der Waals surface area contributed by atoms with E-state index in [4.69, 9.17) is 4.74 Å². The molecule has 0 atom stereocenters. The van der Waals surface area contributed by atoms with Gasteiger partial charge >= 0.3 is 0 Å². The maximum Gasteiger partial charge on any atom is 0.251 e. The molecule has 1 aromatic carbocycles. The Morgan fingerprint density at radius 3 is 2.95 bits per heavy atom. The Balaban J connectivity index is 1.69. The third-order valence-corrected chi connectivity index (χ3v) is 4.08. The highest BCUT2D eigenvalue weighted by atomic mass is 16.5. The molecular weight excluding hydrogens is 240 g/mol. The van der Waals surface area contributed by atoms with Crippen molar-refractivity contribution in [3.05, 3.63) is 36.0 Å². The van der Waals surface area contributed by atoms with Gasteiger partial charge in [-0.2, -0.15) is 0 Å². The van der Waals surface area contributed by atoms with Gasteiger partial charge in [-0.1, -0.05) is 0 Å². The molecule has 1 aromatic heterocycles. The van der Waals surface area contributed by atoms with E-state index in [1.165, 1.54) is 6.42 Å². The van der Waals surface area contributed by atoms with Crippen molar-refractivity contribution in [3.8, 4) is 0 Å². The number of hydrogen-bond donors (Lipinski definition) is 2. The van der Waals surface area contributed by atoms with E-state index in [-0.39, 0.29) is 11.5 Å². The SMILES string of the molecule is COC1(CNC(=O)c2ccc3[nH]ccc3c2)CCC1. The van der Waals surface area contributed by atoms with E-state index < -0.39 is 0 Å². The van der Waals surface area contributed by atoms with Crippen molar-refractivity contribution < 1.29 is 9.53 Å². The van der Waals surface area contributed by atoms with Crippen molar-refractivity contribution in [2.75, 3.05) is 13.7 Å². The Kier molecular flexibility index (Phi) is 3.03. The number of carbonyl (C=O) groups excluding carboxylic acids is 1. The zero-order chi connectivity index (χ0) is 13.3. The molecule has 100 valence electrons. The summed E-state index contributed by atoms with van der Waals surface area (Å²) in [5.74, 6) is -0.0357. The monoisotopic (exact) mass is 258 g/mol. The minimum absolute atomic E-state index is 0.0357. The van der Waals surface area contributed by atoms with E-state index in [9.17, 15) is 4.79 Å².